The molecular weight excluding hydrogens is 492 g/mol. The van der Waals surface area contributed by atoms with Crippen LogP contribution in [-0.2, 0) is 9.47 Å². The lowest BCUT2D eigenvalue weighted by molar-refractivity contribution is -0.0563. The molecule has 4 unspecified atom stereocenters. The summed E-state index contributed by atoms with van der Waals surface area (Å²) in [6, 6.07) is 0. The van der Waals surface area contributed by atoms with Crippen molar-refractivity contribution < 1.29 is 14.3 Å². The van der Waals surface area contributed by atoms with Gasteiger partial charge in [0.2, 0.25) is 0 Å². The molecule has 3 nitrogen and oxygen atoms in total. The van der Waals surface area contributed by atoms with E-state index in [0.717, 1.165) is 49.4 Å². The van der Waals surface area contributed by atoms with Crippen LogP contribution in [0.15, 0.2) is 11.6 Å². The standard InChI is InChI=1S/C37H64O3/c1-5-7-9-11-13-15-17-27-39-35(38)40-31-23-25-37(4)30(28-31)19-21-32-33-22-20-29(18-16-14-12-10-8-6-2)36(33,3)26-24-34(32)37/h19,29,31-34H,5-18,20-28H2,1-4H3/t29?,31-,32?,33?,34?,36+,37-/m0/s1. The molecule has 0 amide bonds. The molecule has 4 aliphatic rings. The summed E-state index contributed by atoms with van der Waals surface area (Å²) in [5, 5.41) is 0. The van der Waals surface area contributed by atoms with Crippen molar-refractivity contribution in [2.45, 2.75) is 175 Å². The summed E-state index contributed by atoms with van der Waals surface area (Å²) < 4.78 is 11.3. The third kappa shape index (κ3) is 7.69. The van der Waals surface area contributed by atoms with Crippen LogP contribution in [0.3, 0.4) is 0 Å². The maximum Gasteiger partial charge on any atom is 0.508 e. The molecule has 0 radical (unpaired) electrons. The molecule has 0 aromatic carbocycles. The van der Waals surface area contributed by atoms with Crippen molar-refractivity contribution in [2.75, 3.05) is 6.61 Å². The normalized spacial score (nSPS) is 34.9. The van der Waals surface area contributed by atoms with Gasteiger partial charge >= 0.3 is 6.16 Å². The summed E-state index contributed by atoms with van der Waals surface area (Å²) in [7, 11) is 0. The number of carbonyl (C=O) groups is 1. The van der Waals surface area contributed by atoms with Crippen molar-refractivity contribution >= 4 is 6.16 Å². The van der Waals surface area contributed by atoms with E-state index in [0.29, 0.717) is 17.4 Å². The Morgan fingerprint density at radius 3 is 2.20 bits per heavy atom. The Kier molecular flexibility index (Phi) is 12.4. The molecule has 0 bridgehead atoms. The Hall–Kier alpha value is -0.990. The second-order valence-corrected chi connectivity index (χ2v) is 14.8. The van der Waals surface area contributed by atoms with Crippen LogP contribution in [0.4, 0.5) is 4.79 Å². The number of hydrogen-bond acceptors (Lipinski definition) is 3. The molecule has 0 aliphatic heterocycles. The summed E-state index contributed by atoms with van der Waals surface area (Å²) in [5.74, 6) is 3.57. The largest absolute Gasteiger partial charge is 0.508 e. The van der Waals surface area contributed by atoms with E-state index in [2.05, 4.69) is 33.8 Å². The van der Waals surface area contributed by atoms with Gasteiger partial charge in [0.1, 0.15) is 6.10 Å². The topological polar surface area (TPSA) is 35.5 Å². The van der Waals surface area contributed by atoms with E-state index < -0.39 is 6.16 Å². The molecule has 0 heterocycles. The van der Waals surface area contributed by atoms with E-state index >= 15 is 0 Å². The minimum Gasteiger partial charge on any atom is -0.434 e. The fourth-order valence-electron chi connectivity index (χ4n) is 9.87. The summed E-state index contributed by atoms with van der Waals surface area (Å²) in [6.07, 6.45) is 30.9. The van der Waals surface area contributed by atoms with Gasteiger partial charge in [-0.25, -0.2) is 4.79 Å². The zero-order valence-electron chi connectivity index (χ0n) is 27.0. The summed E-state index contributed by atoms with van der Waals surface area (Å²) >= 11 is 0. The Bertz CT molecular complexity index is 803. The van der Waals surface area contributed by atoms with Gasteiger partial charge in [-0.3, -0.25) is 0 Å². The molecule has 3 fully saturated rings. The quantitative estimate of drug-likeness (QED) is 0.108. The van der Waals surface area contributed by atoms with E-state index in [1.807, 2.05) is 0 Å². The van der Waals surface area contributed by atoms with E-state index in [4.69, 9.17) is 9.47 Å². The highest BCUT2D eigenvalue weighted by Crippen LogP contribution is 2.66. The Morgan fingerprint density at radius 2 is 1.48 bits per heavy atom. The highest BCUT2D eigenvalue weighted by Gasteiger charge is 2.58. The molecule has 0 saturated heterocycles. The SMILES string of the molecule is CCCCCCCCCOC(=O)O[C@H]1CC[C@@]2(C)C(=CCC3C4CCC(CCCCCCCC)[C@@]4(C)CCC32)C1. The third-order valence-electron chi connectivity index (χ3n) is 12.4. The first-order valence-corrected chi connectivity index (χ1v) is 17.9. The molecule has 40 heavy (non-hydrogen) atoms. The second kappa shape index (κ2) is 15.5. The monoisotopic (exact) mass is 556 g/mol. The summed E-state index contributed by atoms with van der Waals surface area (Å²) in [5.41, 5.74) is 2.48. The molecule has 0 aromatic heterocycles. The van der Waals surface area contributed by atoms with E-state index in [9.17, 15) is 4.79 Å². The van der Waals surface area contributed by atoms with E-state index in [-0.39, 0.29) is 6.10 Å². The highest BCUT2D eigenvalue weighted by molar-refractivity contribution is 5.60. The first-order chi connectivity index (χ1) is 19.4. The molecule has 0 aromatic rings. The molecule has 7 atom stereocenters. The van der Waals surface area contributed by atoms with Gasteiger partial charge in [-0.05, 0) is 92.3 Å². The molecular formula is C37H64O3. The van der Waals surface area contributed by atoms with Crippen molar-refractivity contribution in [2.24, 2.45) is 34.5 Å². The van der Waals surface area contributed by atoms with Gasteiger partial charge in [-0.1, -0.05) is 116 Å². The Morgan fingerprint density at radius 1 is 0.800 bits per heavy atom. The number of unbranched alkanes of at least 4 members (excludes halogenated alkanes) is 11. The van der Waals surface area contributed by atoms with Crippen LogP contribution in [0.5, 0.6) is 0 Å². The predicted octanol–water partition coefficient (Wildman–Crippen LogP) is 11.6. The van der Waals surface area contributed by atoms with Crippen molar-refractivity contribution in [1.29, 1.82) is 0 Å². The van der Waals surface area contributed by atoms with Crippen LogP contribution < -0.4 is 0 Å². The zero-order chi connectivity index (χ0) is 28.4. The minimum atomic E-state index is -0.440. The fourth-order valence-corrected chi connectivity index (χ4v) is 9.87. The van der Waals surface area contributed by atoms with Gasteiger partial charge in [0.25, 0.3) is 0 Å². The zero-order valence-corrected chi connectivity index (χ0v) is 27.0. The fraction of sp³-hybridized carbons (Fsp3) is 0.919. The first-order valence-electron chi connectivity index (χ1n) is 17.9. The van der Waals surface area contributed by atoms with Gasteiger partial charge in [-0.2, -0.15) is 0 Å². The average molecular weight is 557 g/mol. The molecule has 3 heteroatoms. The van der Waals surface area contributed by atoms with Gasteiger partial charge < -0.3 is 9.47 Å². The third-order valence-corrected chi connectivity index (χ3v) is 12.4. The van der Waals surface area contributed by atoms with Gasteiger partial charge in [0.05, 0.1) is 6.61 Å². The molecule has 4 aliphatic carbocycles. The lowest BCUT2D eigenvalue weighted by Crippen LogP contribution is -2.50. The maximum atomic E-state index is 12.4. The molecule has 4 rings (SSSR count). The molecule has 0 spiro atoms. The van der Waals surface area contributed by atoms with Crippen LogP contribution in [0.2, 0.25) is 0 Å². The number of ether oxygens (including phenoxy) is 2. The van der Waals surface area contributed by atoms with Gasteiger partial charge in [0, 0.05) is 6.42 Å². The van der Waals surface area contributed by atoms with Crippen molar-refractivity contribution in [3.63, 3.8) is 0 Å². The van der Waals surface area contributed by atoms with Gasteiger partial charge in [-0.15, -0.1) is 0 Å². The Balaban J connectivity index is 1.22. The average Bonchev–Trinajstić information content (AvgIpc) is 3.28. The van der Waals surface area contributed by atoms with Gasteiger partial charge in [0.15, 0.2) is 0 Å². The second-order valence-electron chi connectivity index (χ2n) is 14.8. The lowest BCUT2D eigenvalue weighted by atomic mass is 9.47. The highest BCUT2D eigenvalue weighted by atomic mass is 16.7. The van der Waals surface area contributed by atoms with Crippen LogP contribution in [0.1, 0.15) is 169 Å². The van der Waals surface area contributed by atoms with Crippen molar-refractivity contribution in [1.82, 2.24) is 0 Å². The van der Waals surface area contributed by atoms with Crippen LogP contribution >= 0.6 is 0 Å². The number of rotatable bonds is 16. The van der Waals surface area contributed by atoms with Crippen LogP contribution in [0.25, 0.3) is 0 Å². The van der Waals surface area contributed by atoms with Crippen molar-refractivity contribution in [3.8, 4) is 0 Å². The van der Waals surface area contributed by atoms with Crippen LogP contribution in [0, 0.1) is 34.5 Å². The van der Waals surface area contributed by atoms with E-state index in [1.54, 1.807) is 5.57 Å². The maximum absolute atomic E-state index is 12.4. The summed E-state index contributed by atoms with van der Waals surface area (Å²) in [4.78, 5) is 12.4. The molecule has 230 valence electrons. The number of carbonyl (C=O) groups excluding carboxylic acids is 1. The predicted molar refractivity (Wildman–Crippen MR) is 167 cm³/mol. The van der Waals surface area contributed by atoms with E-state index in [1.165, 1.54) is 116 Å². The first kappa shape index (κ1) is 31.9. The smallest absolute Gasteiger partial charge is 0.434 e. The van der Waals surface area contributed by atoms with Crippen LogP contribution in [-0.4, -0.2) is 18.9 Å². The molecule has 3 saturated carbocycles. The van der Waals surface area contributed by atoms with Crippen molar-refractivity contribution in [3.05, 3.63) is 11.6 Å². The lowest BCUT2D eigenvalue weighted by Gasteiger charge is -2.58. The minimum absolute atomic E-state index is 0.000498. The number of allylic oxidation sites excluding steroid dienone is 1. The number of hydrogen-bond donors (Lipinski definition) is 0. The number of fused-ring (bicyclic) bond motifs is 5. The summed E-state index contributed by atoms with van der Waals surface area (Å²) in [6.45, 7) is 10.3. The Labute approximate surface area is 248 Å². The molecule has 0 N–H and O–H groups in total.